The minimum Gasteiger partial charge on any atom is -0.457 e. The van der Waals surface area contributed by atoms with Crippen molar-refractivity contribution in [1.82, 2.24) is 9.55 Å². The van der Waals surface area contributed by atoms with Crippen LogP contribution >= 0.6 is 0 Å². The lowest BCUT2D eigenvalue weighted by Gasteiger charge is -2.35. The van der Waals surface area contributed by atoms with Gasteiger partial charge in [-0.15, -0.1) is 0 Å². The summed E-state index contributed by atoms with van der Waals surface area (Å²) in [6.45, 7) is 10.6. The van der Waals surface area contributed by atoms with Gasteiger partial charge in [0.15, 0.2) is 0 Å². The Morgan fingerprint density at radius 3 is 2.62 bits per heavy atom. The van der Waals surface area contributed by atoms with E-state index in [2.05, 4.69) is 26.9 Å². The summed E-state index contributed by atoms with van der Waals surface area (Å²) in [6.07, 6.45) is 0.100. The number of fused-ring (bicyclic) bond motifs is 5. The molecule has 0 aliphatic carbocycles. The number of benzene rings is 1. The summed E-state index contributed by atoms with van der Waals surface area (Å²) in [7, 11) is -2.03. The van der Waals surface area contributed by atoms with Gasteiger partial charge < -0.3 is 25.5 Å². The Labute approximate surface area is 215 Å². The molecule has 0 bridgehead atoms. The fraction of sp³-hybridized carbons (Fsp3) is 0.407. The molecule has 2 aliphatic rings. The number of cyclic esters (lactones) is 1. The normalized spacial score (nSPS) is 18.4. The van der Waals surface area contributed by atoms with Crippen LogP contribution in [-0.2, 0) is 37.8 Å². The van der Waals surface area contributed by atoms with E-state index in [0.717, 1.165) is 16.5 Å². The van der Waals surface area contributed by atoms with Gasteiger partial charge in [0.2, 0.25) is 5.60 Å². The molecular weight excluding hydrogens is 488 g/mol. The third-order valence-electron chi connectivity index (χ3n) is 8.22. The number of ether oxygens (including phenoxy) is 2. The summed E-state index contributed by atoms with van der Waals surface area (Å²) >= 11 is 0. The van der Waals surface area contributed by atoms with E-state index in [1.54, 1.807) is 17.6 Å². The van der Waals surface area contributed by atoms with Crippen LogP contribution < -0.4 is 22.2 Å². The number of pyridine rings is 2. The Morgan fingerprint density at radius 1 is 1.24 bits per heavy atom. The van der Waals surface area contributed by atoms with Crippen molar-refractivity contribution in [3.05, 3.63) is 51.3 Å². The van der Waals surface area contributed by atoms with Crippen LogP contribution in [0.15, 0.2) is 29.1 Å². The van der Waals surface area contributed by atoms with Crippen LogP contribution in [0.5, 0.6) is 0 Å². The number of hydrogen-bond acceptors (Lipinski definition) is 8. The van der Waals surface area contributed by atoms with Crippen molar-refractivity contribution in [3.8, 4) is 11.4 Å². The van der Waals surface area contributed by atoms with Crippen LogP contribution in [0.2, 0.25) is 18.6 Å². The number of aromatic nitrogens is 2. The molecule has 1 aromatic carbocycles. The molecule has 0 amide bonds. The van der Waals surface area contributed by atoms with Crippen molar-refractivity contribution in [2.45, 2.75) is 64.6 Å². The topological polar surface area (TPSA) is 140 Å². The SMILES string of the molecule is CC[C@@]1(OC(=O)CN)C(=O)OCc2c1cc1n(c2=O)Cc2c-1nc1ccc(N)cc1c2[Si](C)(C)C(C)C. The fourth-order valence-corrected chi connectivity index (χ4v) is 7.96. The Balaban J connectivity index is 1.84. The smallest absolute Gasteiger partial charge is 0.355 e. The van der Waals surface area contributed by atoms with Crippen LogP contribution in [0.3, 0.4) is 0 Å². The molecule has 4 N–H and O–H groups in total. The van der Waals surface area contributed by atoms with Gasteiger partial charge in [-0.1, -0.05) is 33.9 Å². The molecule has 2 aliphatic heterocycles. The van der Waals surface area contributed by atoms with Crippen LogP contribution in [-0.4, -0.2) is 36.1 Å². The van der Waals surface area contributed by atoms with Gasteiger partial charge in [0.1, 0.15) is 6.61 Å². The highest BCUT2D eigenvalue weighted by Crippen LogP contribution is 2.41. The number of hydrogen-bond donors (Lipinski definition) is 2. The second-order valence-corrected chi connectivity index (χ2v) is 15.8. The number of carbonyl (C=O) groups is 2. The lowest BCUT2D eigenvalue weighted by atomic mass is 9.85. The van der Waals surface area contributed by atoms with E-state index in [1.807, 2.05) is 18.2 Å². The molecule has 0 spiro atoms. The van der Waals surface area contributed by atoms with Crippen LogP contribution in [0.1, 0.15) is 43.9 Å². The Bertz CT molecular complexity index is 1540. The Morgan fingerprint density at radius 2 is 1.97 bits per heavy atom. The maximum absolute atomic E-state index is 13.9. The van der Waals surface area contributed by atoms with Gasteiger partial charge in [0, 0.05) is 16.6 Å². The molecule has 37 heavy (non-hydrogen) atoms. The minimum absolute atomic E-state index is 0.100. The van der Waals surface area contributed by atoms with Gasteiger partial charge in [0.05, 0.1) is 43.6 Å². The number of carbonyl (C=O) groups excluding carboxylic acids is 2. The first-order valence-corrected chi connectivity index (χ1v) is 15.6. The summed E-state index contributed by atoms with van der Waals surface area (Å²) < 4.78 is 12.7. The van der Waals surface area contributed by atoms with Gasteiger partial charge in [-0.05, 0) is 47.0 Å². The minimum atomic E-state index is -2.03. The predicted octanol–water partition coefficient (Wildman–Crippen LogP) is 2.50. The molecule has 5 rings (SSSR count). The van der Waals surface area contributed by atoms with Gasteiger partial charge in [0.25, 0.3) is 5.56 Å². The zero-order valence-corrected chi connectivity index (χ0v) is 22.8. The second kappa shape index (κ2) is 8.52. The largest absolute Gasteiger partial charge is 0.457 e. The average molecular weight is 521 g/mol. The monoisotopic (exact) mass is 520 g/mol. The summed E-state index contributed by atoms with van der Waals surface area (Å²) in [4.78, 5) is 44.1. The van der Waals surface area contributed by atoms with Crippen molar-refractivity contribution in [2.75, 3.05) is 12.3 Å². The van der Waals surface area contributed by atoms with E-state index in [9.17, 15) is 14.4 Å². The summed E-state index contributed by atoms with van der Waals surface area (Å²) in [5.41, 5.74) is 14.5. The van der Waals surface area contributed by atoms with E-state index in [4.69, 9.17) is 25.9 Å². The first-order chi connectivity index (χ1) is 17.5. The third-order valence-corrected chi connectivity index (χ3v) is 13.0. The molecule has 3 aromatic rings. The first-order valence-electron chi connectivity index (χ1n) is 12.6. The molecule has 10 heteroatoms. The van der Waals surface area contributed by atoms with Crippen molar-refractivity contribution in [1.29, 1.82) is 0 Å². The lowest BCUT2D eigenvalue weighted by Crippen LogP contribution is -2.48. The Hall–Kier alpha value is -3.50. The molecule has 2 aromatic heterocycles. The molecule has 0 saturated heterocycles. The number of nitrogen functional groups attached to an aromatic ring is 1. The lowest BCUT2D eigenvalue weighted by molar-refractivity contribution is -0.188. The molecule has 0 fully saturated rings. The fourth-order valence-electron chi connectivity index (χ4n) is 5.51. The summed E-state index contributed by atoms with van der Waals surface area (Å²) in [5.74, 6) is -1.45. The van der Waals surface area contributed by atoms with Gasteiger partial charge in [-0.25, -0.2) is 9.78 Å². The highest BCUT2D eigenvalue weighted by Gasteiger charge is 2.50. The highest BCUT2D eigenvalue weighted by molar-refractivity contribution is 6.92. The first kappa shape index (κ1) is 25.2. The number of esters is 2. The summed E-state index contributed by atoms with van der Waals surface area (Å²) in [6, 6.07) is 7.50. The van der Waals surface area contributed by atoms with Gasteiger partial charge in [-0.2, -0.15) is 0 Å². The van der Waals surface area contributed by atoms with Crippen molar-refractivity contribution in [2.24, 2.45) is 5.73 Å². The number of rotatable bonds is 5. The maximum Gasteiger partial charge on any atom is 0.355 e. The van der Waals surface area contributed by atoms with Crippen LogP contribution in [0.4, 0.5) is 5.69 Å². The maximum atomic E-state index is 13.9. The standard InChI is InChI=1S/C27H32N4O5Si/c1-6-27(36-22(32)11-28)19-10-21-23-17(12-31(21)25(33)18(19)13-35-26(27)34)24(37(4,5)14(2)3)16-9-15(29)7-8-20(16)30-23/h7-10,14H,6,11-13,28-29H2,1-5H3/t27-/m0/s1. The third kappa shape index (κ3) is 3.53. The molecular formula is C27H32N4O5Si. The molecule has 0 saturated carbocycles. The van der Waals surface area contributed by atoms with Gasteiger partial charge >= 0.3 is 11.9 Å². The van der Waals surface area contributed by atoms with E-state index in [1.165, 1.54) is 5.19 Å². The second-order valence-electron chi connectivity index (χ2n) is 10.7. The van der Waals surface area contributed by atoms with Crippen molar-refractivity contribution >= 4 is 41.8 Å². The van der Waals surface area contributed by atoms with E-state index in [0.29, 0.717) is 40.3 Å². The predicted molar refractivity (Wildman–Crippen MR) is 144 cm³/mol. The number of anilines is 1. The molecule has 0 unspecified atom stereocenters. The van der Waals surface area contributed by atoms with E-state index < -0.39 is 32.2 Å². The van der Waals surface area contributed by atoms with Crippen molar-refractivity contribution in [3.63, 3.8) is 0 Å². The zero-order chi connectivity index (χ0) is 26.9. The zero-order valence-electron chi connectivity index (χ0n) is 21.8. The highest BCUT2D eigenvalue weighted by atomic mass is 28.3. The van der Waals surface area contributed by atoms with E-state index in [-0.39, 0.29) is 18.6 Å². The average Bonchev–Trinajstić information content (AvgIpc) is 3.22. The molecule has 194 valence electrons. The summed E-state index contributed by atoms with van der Waals surface area (Å²) in [5, 5.41) is 2.26. The van der Waals surface area contributed by atoms with E-state index >= 15 is 0 Å². The molecule has 9 nitrogen and oxygen atoms in total. The van der Waals surface area contributed by atoms with Gasteiger partial charge in [-0.3, -0.25) is 9.59 Å². The molecule has 1 atom stereocenters. The quantitative estimate of drug-likeness (QED) is 0.232. The van der Waals surface area contributed by atoms with Crippen LogP contribution in [0, 0.1) is 0 Å². The number of nitrogens with two attached hydrogens (primary N) is 2. The van der Waals surface area contributed by atoms with Crippen molar-refractivity contribution < 1.29 is 19.1 Å². The molecule has 4 heterocycles. The van der Waals surface area contributed by atoms with Crippen LogP contribution in [0.25, 0.3) is 22.3 Å². The number of nitrogens with zero attached hydrogens (tertiary/aromatic N) is 2. The molecule has 0 radical (unpaired) electrons. The Kier molecular flexibility index (Phi) is 5.80.